The van der Waals surface area contributed by atoms with Crippen molar-refractivity contribution < 1.29 is 19.2 Å². The molecule has 2 aliphatic heterocycles. The molecule has 0 radical (unpaired) electrons. The molecule has 0 bridgehead atoms. The van der Waals surface area contributed by atoms with Crippen LogP contribution < -0.4 is 9.80 Å². The summed E-state index contributed by atoms with van der Waals surface area (Å²) in [6, 6.07) is 22.7. The second-order valence-electron chi connectivity index (χ2n) is 9.83. The summed E-state index contributed by atoms with van der Waals surface area (Å²) in [5.41, 5.74) is 3.19. The third kappa shape index (κ3) is 3.75. The smallest absolute Gasteiger partial charge is 0.262 e. The zero-order valence-electron chi connectivity index (χ0n) is 20.5. The minimum absolute atomic E-state index is 0.0552. The summed E-state index contributed by atoms with van der Waals surface area (Å²) < 4.78 is 0. The molecule has 0 spiro atoms. The molecule has 1 unspecified atom stereocenters. The first-order chi connectivity index (χ1) is 18.5. The number of imide groups is 1. The molecule has 2 heterocycles. The molecule has 4 amide bonds. The Morgan fingerprint density at radius 3 is 2.11 bits per heavy atom. The van der Waals surface area contributed by atoms with Crippen LogP contribution in [-0.4, -0.2) is 41.1 Å². The third-order valence-electron chi connectivity index (χ3n) is 7.69. The molecule has 0 aromatic heterocycles. The molecule has 0 N–H and O–H groups in total. The van der Waals surface area contributed by atoms with Crippen molar-refractivity contribution in [3.8, 4) is 6.07 Å². The second-order valence-corrected chi connectivity index (χ2v) is 9.83. The summed E-state index contributed by atoms with van der Waals surface area (Å²) in [7, 11) is 0. The van der Waals surface area contributed by atoms with E-state index in [2.05, 4.69) is 6.07 Å². The SMILES string of the molecule is N#Cc1ccc(CN2C(=O)C3CCC[C@H]3N(C(=O)CN3C(=O)c4ccccc4C3=O)c3ccccc32)cc1. The number of nitriles is 1. The Hall–Kier alpha value is -4.77. The second kappa shape index (κ2) is 9.27. The van der Waals surface area contributed by atoms with E-state index in [1.54, 1.807) is 46.2 Å². The van der Waals surface area contributed by atoms with Crippen molar-refractivity contribution in [2.75, 3.05) is 16.3 Å². The predicted molar refractivity (Wildman–Crippen MR) is 139 cm³/mol. The average molecular weight is 505 g/mol. The van der Waals surface area contributed by atoms with Crippen molar-refractivity contribution in [3.63, 3.8) is 0 Å². The maximum atomic E-state index is 13.9. The lowest BCUT2D eigenvalue weighted by molar-refractivity contribution is -0.123. The lowest BCUT2D eigenvalue weighted by Gasteiger charge is -2.31. The van der Waals surface area contributed by atoms with Crippen molar-refractivity contribution in [1.29, 1.82) is 5.26 Å². The summed E-state index contributed by atoms with van der Waals surface area (Å²) >= 11 is 0. The average Bonchev–Trinajstić information content (AvgIpc) is 3.49. The van der Waals surface area contributed by atoms with Crippen LogP contribution in [0.1, 0.15) is 51.1 Å². The molecular weight excluding hydrogens is 480 g/mol. The fourth-order valence-corrected chi connectivity index (χ4v) is 5.88. The molecule has 3 aliphatic rings. The van der Waals surface area contributed by atoms with Gasteiger partial charge in [0.05, 0.1) is 46.6 Å². The fourth-order valence-electron chi connectivity index (χ4n) is 5.88. The fraction of sp³-hybridized carbons (Fsp3) is 0.233. The first-order valence-corrected chi connectivity index (χ1v) is 12.6. The Balaban J connectivity index is 1.36. The summed E-state index contributed by atoms with van der Waals surface area (Å²) in [6.45, 7) is -0.0983. The number of carbonyl (C=O) groups excluding carboxylic acids is 4. The van der Waals surface area contributed by atoms with Crippen molar-refractivity contribution in [2.45, 2.75) is 31.8 Å². The number of carbonyl (C=O) groups is 4. The van der Waals surface area contributed by atoms with E-state index in [0.29, 0.717) is 47.5 Å². The number of nitrogens with zero attached hydrogens (tertiary/aromatic N) is 4. The van der Waals surface area contributed by atoms with Gasteiger partial charge in [0, 0.05) is 6.04 Å². The lowest BCUT2D eigenvalue weighted by atomic mass is 10.0. The molecule has 1 aliphatic carbocycles. The Kier molecular flexibility index (Phi) is 5.76. The zero-order chi connectivity index (χ0) is 26.4. The Morgan fingerprint density at radius 2 is 1.45 bits per heavy atom. The van der Waals surface area contributed by atoms with Crippen LogP contribution in [0.2, 0.25) is 0 Å². The number of para-hydroxylation sites is 2. The van der Waals surface area contributed by atoms with Crippen LogP contribution in [0.15, 0.2) is 72.8 Å². The maximum Gasteiger partial charge on any atom is 0.262 e. The topological polar surface area (TPSA) is 102 Å². The summed E-state index contributed by atoms with van der Waals surface area (Å²) in [6.07, 6.45) is 2.10. The van der Waals surface area contributed by atoms with Crippen LogP contribution in [-0.2, 0) is 16.1 Å². The lowest BCUT2D eigenvalue weighted by Crippen LogP contribution is -2.49. The first kappa shape index (κ1) is 23.6. The number of rotatable bonds is 4. The number of hydrogen-bond donors (Lipinski definition) is 0. The van der Waals surface area contributed by atoms with E-state index in [4.69, 9.17) is 5.26 Å². The Morgan fingerprint density at radius 1 is 0.816 bits per heavy atom. The van der Waals surface area contributed by atoms with E-state index in [0.717, 1.165) is 16.9 Å². The van der Waals surface area contributed by atoms with Gasteiger partial charge in [-0.2, -0.15) is 5.26 Å². The van der Waals surface area contributed by atoms with Gasteiger partial charge in [-0.25, -0.2) is 0 Å². The van der Waals surface area contributed by atoms with Gasteiger partial charge < -0.3 is 9.80 Å². The molecule has 0 saturated heterocycles. The number of fused-ring (bicyclic) bond motifs is 3. The predicted octanol–water partition coefficient (Wildman–Crippen LogP) is 3.90. The highest BCUT2D eigenvalue weighted by Crippen LogP contribution is 2.43. The van der Waals surface area contributed by atoms with Crippen molar-refractivity contribution in [2.24, 2.45) is 5.92 Å². The molecular formula is C30H24N4O4. The summed E-state index contributed by atoms with van der Waals surface area (Å²) in [4.78, 5) is 58.1. The van der Waals surface area contributed by atoms with E-state index in [9.17, 15) is 19.2 Å². The van der Waals surface area contributed by atoms with Gasteiger partial charge >= 0.3 is 0 Å². The number of amides is 4. The molecule has 3 aromatic rings. The minimum atomic E-state index is -0.483. The number of anilines is 2. The highest BCUT2D eigenvalue weighted by atomic mass is 16.2. The van der Waals surface area contributed by atoms with Gasteiger partial charge in [-0.3, -0.25) is 24.1 Å². The van der Waals surface area contributed by atoms with Gasteiger partial charge in [0.15, 0.2) is 0 Å². The Labute approximate surface area is 219 Å². The molecule has 1 saturated carbocycles. The molecule has 2 atom stereocenters. The van der Waals surface area contributed by atoms with Gasteiger partial charge in [-0.1, -0.05) is 42.8 Å². The Bertz CT molecular complexity index is 1490. The van der Waals surface area contributed by atoms with Crippen LogP contribution in [0.4, 0.5) is 11.4 Å². The van der Waals surface area contributed by atoms with E-state index in [1.807, 2.05) is 36.4 Å². The van der Waals surface area contributed by atoms with Gasteiger partial charge in [0.1, 0.15) is 6.54 Å². The highest BCUT2D eigenvalue weighted by Gasteiger charge is 2.46. The number of benzene rings is 3. The summed E-state index contributed by atoms with van der Waals surface area (Å²) in [5, 5.41) is 9.13. The molecule has 8 heteroatoms. The van der Waals surface area contributed by atoms with Gasteiger partial charge in [0.2, 0.25) is 11.8 Å². The van der Waals surface area contributed by atoms with Crippen LogP contribution in [0, 0.1) is 17.2 Å². The maximum absolute atomic E-state index is 13.9. The van der Waals surface area contributed by atoms with Crippen molar-refractivity contribution in [1.82, 2.24) is 4.90 Å². The van der Waals surface area contributed by atoms with Crippen LogP contribution >= 0.6 is 0 Å². The highest BCUT2D eigenvalue weighted by molar-refractivity contribution is 6.23. The van der Waals surface area contributed by atoms with Crippen LogP contribution in [0.5, 0.6) is 0 Å². The van der Waals surface area contributed by atoms with E-state index >= 15 is 0 Å². The van der Waals surface area contributed by atoms with Gasteiger partial charge in [0.25, 0.3) is 11.8 Å². The van der Waals surface area contributed by atoms with E-state index in [1.165, 1.54) is 0 Å². The normalized spacial score (nSPS) is 20.1. The monoisotopic (exact) mass is 504 g/mol. The first-order valence-electron chi connectivity index (χ1n) is 12.6. The zero-order valence-corrected chi connectivity index (χ0v) is 20.5. The molecule has 6 rings (SSSR count). The molecule has 1 fully saturated rings. The summed E-state index contributed by atoms with van der Waals surface area (Å²) in [5.74, 6) is -1.81. The van der Waals surface area contributed by atoms with E-state index < -0.39 is 30.2 Å². The third-order valence-corrected chi connectivity index (χ3v) is 7.69. The molecule has 188 valence electrons. The van der Waals surface area contributed by atoms with Gasteiger partial charge in [-0.05, 0) is 54.8 Å². The quantitative estimate of drug-likeness (QED) is 0.502. The van der Waals surface area contributed by atoms with Gasteiger partial charge in [-0.15, -0.1) is 0 Å². The van der Waals surface area contributed by atoms with Crippen molar-refractivity contribution >= 4 is 35.0 Å². The molecule has 38 heavy (non-hydrogen) atoms. The van der Waals surface area contributed by atoms with Crippen LogP contribution in [0.25, 0.3) is 0 Å². The van der Waals surface area contributed by atoms with Crippen molar-refractivity contribution in [3.05, 3.63) is 95.1 Å². The number of hydrogen-bond acceptors (Lipinski definition) is 5. The van der Waals surface area contributed by atoms with Crippen LogP contribution in [0.3, 0.4) is 0 Å². The largest absolute Gasteiger partial charge is 0.306 e. The standard InChI is InChI=1S/C30H24N4O4/c31-16-19-12-14-20(15-13-19)17-32-25-9-3-4-10-26(25)34(24-11-5-8-23(24)30(32)38)27(35)18-33-28(36)21-6-1-2-7-22(21)29(33)37/h1-4,6-7,9-10,12-15,23-24H,5,8,11,17-18H2/t23?,24-/m1/s1. The molecule has 3 aromatic carbocycles. The minimum Gasteiger partial charge on any atom is -0.306 e. The molecule has 8 nitrogen and oxygen atoms in total. The van der Waals surface area contributed by atoms with E-state index in [-0.39, 0.29) is 11.9 Å².